The third kappa shape index (κ3) is 5.92. The minimum Gasteiger partial charge on any atom is -0.352 e. The van der Waals surface area contributed by atoms with E-state index in [1.54, 1.807) is 19.2 Å². The first-order valence-corrected chi connectivity index (χ1v) is 9.02. The zero-order valence-corrected chi connectivity index (χ0v) is 16.7. The lowest BCUT2D eigenvalue weighted by molar-refractivity contribution is 0.273. The normalized spacial score (nSPS) is 16.8. The Kier molecular flexibility index (Phi) is 7.75. The smallest absolute Gasteiger partial charge is 0.238 e. The quantitative estimate of drug-likeness (QED) is 0.416. The van der Waals surface area contributed by atoms with Gasteiger partial charge in [-0.2, -0.15) is 0 Å². The molecule has 1 aromatic carbocycles. The molecule has 1 heterocycles. The molecule has 0 bridgehead atoms. The summed E-state index contributed by atoms with van der Waals surface area (Å²) in [6.07, 6.45) is 2.34. The number of nitrogens with two attached hydrogens (primary N) is 1. The molecule has 130 valence electrons. The SMILES string of the molecule is CN=C(NCc1cccc(S(N)(=O)=O)c1)N1CCC(C)CC1.I. The van der Waals surface area contributed by atoms with E-state index in [4.69, 9.17) is 5.14 Å². The molecule has 3 N–H and O–H groups in total. The zero-order valence-electron chi connectivity index (χ0n) is 13.5. The van der Waals surface area contributed by atoms with Crippen molar-refractivity contribution in [3.8, 4) is 0 Å². The van der Waals surface area contributed by atoms with Crippen LogP contribution in [0.3, 0.4) is 0 Å². The topological polar surface area (TPSA) is 87.8 Å². The number of hydrogen-bond acceptors (Lipinski definition) is 3. The van der Waals surface area contributed by atoms with Crippen molar-refractivity contribution < 1.29 is 8.42 Å². The number of rotatable bonds is 3. The maximum Gasteiger partial charge on any atom is 0.238 e. The number of primary sulfonamides is 1. The lowest BCUT2D eigenvalue weighted by Crippen LogP contribution is -2.45. The highest BCUT2D eigenvalue weighted by Crippen LogP contribution is 2.16. The molecule has 0 unspecified atom stereocenters. The van der Waals surface area contributed by atoms with E-state index in [-0.39, 0.29) is 28.9 Å². The molecule has 0 amide bonds. The van der Waals surface area contributed by atoms with E-state index in [0.29, 0.717) is 6.54 Å². The first-order valence-electron chi connectivity index (χ1n) is 7.47. The molecule has 1 saturated heterocycles. The fourth-order valence-corrected chi connectivity index (χ4v) is 3.15. The summed E-state index contributed by atoms with van der Waals surface area (Å²) in [4.78, 5) is 6.68. The Labute approximate surface area is 155 Å². The van der Waals surface area contributed by atoms with Gasteiger partial charge in [0, 0.05) is 26.7 Å². The van der Waals surface area contributed by atoms with E-state index >= 15 is 0 Å². The number of hydrogen-bond donors (Lipinski definition) is 2. The van der Waals surface area contributed by atoms with Gasteiger partial charge in [-0.25, -0.2) is 13.6 Å². The second-order valence-corrected chi connectivity index (χ2v) is 7.32. The van der Waals surface area contributed by atoms with Crippen LogP contribution in [-0.2, 0) is 16.6 Å². The molecule has 0 saturated carbocycles. The summed E-state index contributed by atoms with van der Waals surface area (Å²) < 4.78 is 22.8. The van der Waals surface area contributed by atoms with Crippen molar-refractivity contribution in [2.24, 2.45) is 16.0 Å². The number of guanidine groups is 1. The Morgan fingerprint density at radius 3 is 2.61 bits per heavy atom. The number of nitrogens with zero attached hydrogens (tertiary/aromatic N) is 2. The van der Waals surface area contributed by atoms with Crippen LogP contribution in [0.15, 0.2) is 34.2 Å². The van der Waals surface area contributed by atoms with Gasteiger partial charge in [0.25, 0.3) is 0 Å². The first kappa shape index (κ1) is 20.2. The van der Waals surface area contributed by atoms with E-state index in [9.17, 15) is 8.42 Å². The van der Waals surface area contributed by atoms with Crippen molar-refractivity contribution in [2.45, 2.75) is 31.2 Å². The Balaban J connectivity index is 0.00000264. The summed E-state index contributed by atoms with van der Waals surface area (Å²) >= 11 is 0. The number of nitrogens with one attached hydrogen (secondary N) is 1. The number of halogens is 1. The van der Waals surface area contributed by atoms with Gasteiger partial charge < -0.3 is 10.2 Å². The third-order valence-corrected chi connectivity index (χ3v) is 4.88. The molecule has 1 aliphatic heterocycles. The maximum atomic E-state index is 11.4. The molecule has 0 aliphatic carbocycles. The summed E-state index contributed by atoms with van der Waals surface area (Å²) in [5, 5.41) is 8.45. The molecule has 8 heteroatoms. The summed E-state index contributed by atoms with van der Waals surface area (Å²) in [6.45, 7) is 4.78. The standard InChI is InChI=1S/C15H24N4O2S.HI/c1-12-6-8-19(9-7-12)15(17-2)18-11-13-4-3-5-14(10-13)22(16,20)21;/h3-5,10,12H,6-9,11H2,1-2H3,(H,17,18)(H2,16,20,21);1H. The molecule has 0 atom stereocenters. The highest BCUT2D eigenvalue weighted by atomic mass is 127. The van der Waals surface area contributed by atoms with Crippen molar-refractivity contribution in [1.82, 2.24) is 10.2 Å². The number of benzene rings is 1. The van der Waals surface area contributed by atoms with E-state index in [1.165, 1.54) is 18.9 Å². The van der Waals surface area contributed by atoms with Gasteiger partial charge in [-0.3, -0.25) is 4.99 Å². The van der Waals surface area contributed by atoms with E-state index in [1.807, 2.05) is 6.07 Å². The average molecular weight is 452 g/mol. The van der Waals surface area contributed by atoms with Gasteiger partial charge >= 0.3 is 0 Å². The van der Waals surface area contributed by atoms with Gasteiger partial charge in [-0.15, -0.1) is 24.0 Å². The predicted molar refractivity (Wildman–Crippen MR) is 103 cm³/mol. The number of likely N-dealkylation sites (tertiary alicyclic amines) is 1. The number of piperidine rings is 1. The van der Waals surface area contributed by atoms with Crippen LogP contribution >= 0.6 is 24.0 Å². The highest BCUT2D eigenvalue weighted by Gasteiger charge is 2.18. The first-order chi connectivity index (χ1) is 10.4. The molecule has 0 aromatic heterocycles. The van der Waals surface area contributed by atoms with Crippen LogP contribution in [0.1, 0.15) is 25.3 Å². The van der Waals surface area contributed by atoms with E-state index < -0.39 is 10.0 Å². The van der Waals surface area contributed by atoms with Crippen molar-refractivity contribution >= 4 is 40.0 Å². The average Bonchev–Trinajstić information content (AvgIpc) is 2.49. The van der Waals surface area contributed by atoms with E-state index in [0.717, 1.165) is 30.5 Å². The van der Waals surface area contributed by atoms with Gasteiger partial charge in [-0.05, 0) is 36.5 Å². The minimum atomic E-state index is -3.66. The van der Waals surface area contributed by atoms with Crippen LogP contribution in [0, 0.1) is 5.92 Å². The molecule has 1 aromatic rings. The summed E-state index contributed by atoms with van der Waals surface area (Å²) in [7, 11) is -1.90. The van der Waals surface area contributed by atoms with Crippen LogP contribution in [-0.4, -0.2) is 39.4 Å². The Morgan fingerprint density at radius 2 is 2.04 bits per heavy atom. The van der Waals surface area contributed by atoms with Crippen LogP contribution in [0.5, 0.6) is 0 Å². The van der Waals surface area contributed by atoms with Gasteiger partial charge in [0.2, 0.25) is 10.0 Å². The van der Waals surface area contributed by atoms with Gasteiger partial charge in [0.15, 0.2) is 5.96 Å². The second-order valence-electron chi connectivity index (χ2n) is 5.76. The summed E-state index contributed by atoms with van der Waals surface area (Å²) in [5.41, 5.74) is 0.859. The zero-order chi connectivity index (χ0) is 16.2. The van der Waals surface area contributed by atoms with Crippen molar-refractivity contribution in [3.05, 3.63) is 29.8 Å². The third-order valence-electron chi connectivity index (χ3n) is 3.97. The molecule has 0 radical (unpaired) electrons. The molecule has 0 spiro atoms. The van der Waals surface area contributed by atoms with Gasteiger partial charge in [-0.1, -0.05) is 19.1 Å². The lowest BCUT2D eigenvalue weighted by Gasteiger charge is -2.32. The van der Waals surface area contributed by atoms with Gasteiger partial charge in [0.05, 0.1) is 4.90 Å². The summed E-state index contributed by atoms with van der Waals surface area (Å²) in [5.74, 6) is 1.62. The Hall–Kier alpha value is -0.870. The van der Waals surface area contributed by atoms with Crippen LogP contribution in [0.25, 0.3) is 0 Å². The molecule has 23 heavy (non-hydrogen) atoms. The van der Waals surface area contributed by atoms with Gasteiger partial charge in [0.1, 0.15) is 0 Å². The fourth-order valence-electron chi connectivity index (χ4n) is 2.57. The molecule has 6 nitrogen and oxygen atoms in total. The Bertz CT molecular complexity index is 641. The minimum absolute atomic E-state index is 0. The molecular weight excluding hydrogens is 427 g/mol. The number of sulfonamides is 1. The maximum absolute atomic E-state index is 11.4. The van der Waals surface area contributed by atoms with Crippen LogP contribution in [0.2, 0.25) is 0 Å². The van der Waals surface area contributed by atoms with Crippen LogP contribution in [0.4, 0.5) is 0 Å². The van der Waals surface area contributed by atoms with Crippen molar-refractivity contribution in [1.29, 1.82) is 0 Å². The van der Waals surface area contributed by atoms with E-state index in [2.05, 4.69) is 22.1 Å². The summed E-state index contributed by atoms with van der Waals surface area (Å²) in [6, 6.07) is 6.66. The largest absolute Gasteiger partial charge is 0.352 e. The lowest BCUT2D eigenvalue weighted by atomic mass is 10.00. The molecular formula is C15H25IN4O2S. The van der Waals surface area contributed by atoms with Crippen molar-refractivity contribution in [3.63, 3.8) is 0 Å². The van der Waals surface area contributed by atoms with Crippen LogP contribution < -0.4 is 10.5 Å². The molecule has 1 aliphatic rings. The molecule has 1 fully saturated rings. The highest BCUT2D eigenvalue weighted by molar-refractivity contribution is 14.0. The van der Waals surface area contributed by atoms with Crippen molar-refractivity contribution in [2.75, 3.05) is 20.1 Å². The Morgan fingerprint density at radius 1 is 1.39 bits per heavy atom. The molecule has 2 rings (SSSR count). The second kappa shape index (κ2) is 8.84. The number of aliphatic imine (C=N–C) groups is 1. The monoisotopic (exact) mass is 452 g/mol. The predicted octanol–water partition coefficient (Wildman–Crippen LogP) is 1.76. The fraction of sp³-hybridized carbons (Fsp3) is 0.533.